The third kappa shape index (κ3) is 2.33. The highest BCUT2D eigenvalue weighted by Crippen LogP contribution is 2.46. The van der Waals surface area contributed by atoms with Crippen molar-refractivity contribution in [2.24, 2.45) is 4.36 Å². The molecule has 0 saturated heterocycles. The second-order valence-corrected chi connectivity index (χ2v) is 8.17. The van der Waals surface area contributed by atoms with E-state index in [2.05, 4.69) is 4.36 Å². The minimum atomic E-state index is -2.65. The van der Waals surface area contributed by atoms with E-state index in [0.717, 1.165) is 12.8 Å². The van der Waals surface area contributed by atoms with E-state index in [9.17, 15) is 9.32 Å². The van der Waals surface area contributed by atoms with Gasteiger partial charge in [-0.05, 0) is 31.4 Å². The molecule has 1 aliphatic heterocycles. The summed E-state index contributed by atoms with van der Waals surface area (Å²) < 4.78 is 23.2. The largest absolute Gasteiger partial charge is 0.386 e. The summed E-state index contributed by atoms with van der Waals surface area (Å²) in [4.78, 5) is 0.671. The summed E-state index contributed by atoms with van der Waals surface area (Å²) >= 11 is 0. The van der Waals surface area contributed by atoms with Crippen LogP contribution in [0.3, 0.4) is 0 Å². The minimum absolute atomic E-state index is 0.116. The van der Waals surface area contributed by atoms with Gasteiger partial charge in [0.05, 0.1) is 22.1 Å². The van der Waals surface area contributed by atoms with Gasteiger partial charge in [-0.15, -0.1) is 0 Å². The molecule has 1 saturated carbocycles. The maximum atomic E-state index is 13.3. The van der Waals surface area contributed by atoms with Crippen molar-refractivity contribution >= 4 is 9.73 Å². The van der Waals surface area contributed by atoms with Gasteiger partial charge in [0.25, 0.3) is 0 Å². The summed E-state index contributed by atoms with van der Waals surface area (Å²) in [6.07, 6.45) is 6.11. The Morgan fingerprint density at radius 3 is 2.71 bits per heavy atom. The SMILES string of the molecule is CN=[S@](=O)(C[C@]1(O)CCC[C@@]12C=CCO2)c1ccccc1. The first kappa shape index (κ1) is 14.8. The Kier molecular flexibility index (Phi) is 3.67. The smallest absolute Gasteiger partial charge is 0.116 e. The third-order valence-electron chi connectivity index (χ3n) is 4.59. The van der Waals surface area contributed by atoms with Crippen LogP contribution in [0.5, 0.6) is 0 Å². The first-order valence-corrected chi connectivity index (χ1v) is 8.94. The fourth-order valence-electron chi connectivity index (χ4n) is 3.42. The molecule has 114 valence electrons. The van der Waals surface area contributed by atoms with E-state index in [1.165, 1.54) is 0 Å². The van der Waals surface area contributed by atoms with Gasteiger partial charge in [0, 0.05) is 11.9 Å². The molecule has 1 aliphatic carbocycles. The van der Waals surface area contributed by atoms with Crippen LogP contribution in [-0.4, -0.2) is 39.9 Å². The van der Waals surface area contributed by atoms with Gasteiger partial charge in [-0.2, -0.15) is 0 Å². The van der Waals surface area contributed by atoms with Gasteiger partial charge in [0.2, 0.25) is 0 Å². The molecule has 0 radical (unpaired) electrons. The summed E-state index contributed by atoms with van der Waals surface area (Å²) in [5.41, 5.74) is -1.80. The molecule has 1 spiro atoms. The zero-order valence-electron chi connectivity index (χ0n) is 12.2. The first-order chi connectivity index (χ1) is 10.0. The Morgan fingerprint density at radius 2 is 2.10 bits per heavy atom. The van der Waals surface area contributed by atoms with Crippen LogP contribution in [-0.2, 0) is 14.5 Å². The summed E-state index contributed by atoms with van der Waals surface area (Å²) in [6, 6.07) is 9.20. The molecule has 1 aromatic rings. The van der Waals surface area contributed by atoms with Crippen LogP contribution in [0.2, 0.25) is 0 Å². The van der Waals surface area contributed by atoms with Gasteiger partial charge in [0.15, 0.2) is 0 Å². The number of benzene rings is 1. The van der Waals surface area contributed by atoms with E-state index < -0.39 is 20.9 Å². The van der Waals surface area contributed by atoms with Crippen molar-refractivity contribution < 1.29 is 14.1 Å². The molecule has 3 rings (SSSR count). The molecule has 5 heteroatoms. The van der Waals surface area contributed by atoms with Crippen molar-refractivity contribution in [3.8, 4) is 0 Å². The Morgan fingerprint density at radius 1 is 1.33 bits per heavy atom. The van der Waals surface area contributed by atoms with Crippen molar-refractivity contribution in [1.82, 2.24) is 0 Å². The fourth-order valence-corrected chi connectivity index (χ4v) is 5.55. The number of rotatable bonds is 3. The minimum Gasteiger partial charge on any atom is -0.386 e. The van der Waals surface area contributed by atoms with Crippen molar-refractivity contribution in [2.45, 2.75) is 35.4 Å². The summed E-state index contributed by atoms with van der Waals surface area (Å²) in [7, 11) is -1.09. The average Bonchev–Trinajstić information content (AvgIpc) is 3.09. The maximum Gasteiger partial charge on any atom is 0.116 e. The standard InChI is InChI=1S/C16H21NO3S/c1-17-21(19,14-7-3-2-4-8-14)13-15(18)9-5-10-16(15)11-6-12-20-16/h2-4,6-8,11,18H,5,9-10,12-13H2,1H3/t15-,16-,21+/m1/s1. The van der Waals surface area contributed by atoms with Gasteiger partial charge in [0.1, 0.15) is 11.2 Å². The number of nitrogens with zero attached hydrogens (tertiary/aromatic N) is 1. The lowest BCUT2D eigenvalue weighted by Crippen LogP contribution is -2.53. The maximum absolute atomic E-state index is 13.3. The van der Waals surface area contributed by atoms with Gasteiger partial charge in [-0.3, -0.25) is 0 Å². The number of hydrogen-bond donors (Lipinski definition) is 1. The lowest BCUT2D eigenvalue weighted by atomic mass is 9.88. The van der Waals surface area contributed by atoms with Crippen molar-refractivity contribution in [1.29, 1.82) is 0 Å². The molecular weight excluding hydrogens is 286 g/mol. The van der Waals surface area contributed by atoms with Crippen molar-refractivity contribution in [3.63, 3.8) is 0 Å². The number of aliphatic hydroxyl groups is 1. The lowest BCUT2D eigenvalue weighted by Gasteiger charge is -2.38. The molecule has 21 heavy (non-hydrogen) atoms. The predicted octanol–water partition coefficient (Wildman–Crippen LogP) is 2.38. The Hall–Kier alpha value is -1.17. The third-order valence-corrected chi connectivity index (χ3v) is 7.06. The Labute approximate surface area is 126 Å². The average molecular weight is 307 g/mol. The van der Waals surface area contributed by atoms with Crippen LogP contribution in [0.25, 0.3) is 0 Å². The highest BCUT2D eigenvalue weighted by molar-refractivity contribution is 7.93. The second-order valence-electron chi connectivity index (χ2n) is 5.77. The van der Waals surface area contributed by atoms with Crippen molar-refractivity contribution in [2.75, 3.05) is 19.4 Å². The van der Waals surface area contributed by atoms with Crippen LogP contribution in [0, 0.1) is 0 Å². The summed E-state index contributed by atoms with van der Waals surface area (Å²) in [5.74, 6) is 0.116. The fraction of sp³-hybridized carbons (Fsp3) is 0.500. The predicted molar refractivity (Wildman–Crippen MR) is 82.7 cm³/mol. The summed E-state index contributed by atoms with van der Waals surface area (Å²) in [6.45, 7) is 0.512. The highest BCUT2D eigenvalue weighted by atomic mass is 32.2. The quantitative estimate of drug-likeness (QED) is 0.872. The zero-order valence-corrected chi connectivity index (χ0v) is 13.0. The molecule has 0 amide bonds. The Balaban J connectivity index is 1.98. The molecule has 1 aromatic carbocycles. The highest BCUT2D eigenvalue weighted by Gasteiger charge is 2.56. The van der Waals surface area contributed by atoms with E-state index in [-0.39, 0.29) is 5.75 Å². The topological polar surface area (TPSA) is 58.9 Å². The molecule has 1 heterocycles. The first-order valence-electron chi connectivity index (χ1n) is 7.26. The van der Waals surface area contributed by atoms with E-state index in [1.807, 2.05) is 42.5 Å². The van der Waals surface area contributed by atoms with E-state index in [4.69, 9.17) is 4.74 Å². The lowest BCUT2D eigenvalue weighted by molar-refractivity contribution is -0.109. The molecular formula is C16H21NO3S. The molecule has 1 N–H and O–H groups in total. The molecule has 2 aliphatic rings. The number of ether oxygens (including phenoxy) is 1. The zero-order chi connectivity index (χ0) is 15.0. The normalized spacial score (nSPS) is 34.2. The van der Waals surface area contributed by atoms with Crippen LogP contribution < -0.4 is 0 Å². The molecule has 1 fully saturated rings. The molecule has 0 bridgehead atoms. The second kappa shape index (κ2) is 5.23. The van der Waals surface area contributed by atoms with E-state index in [0.29, 0.717) is 17.9 Å². The Bertz CT molecular complexity index is 663. The van der Waals surface area contributed by atoms with E-state index >= 15 is 0 Å². The van der Waals surface area contributed by atoms with Gasteiger partial charge in [-0.25, -0.2) is 8.57 Å². The summed E-state index contributed by atoms with van der Waals surface area (Å²) in [5, 5.41) is 11.2. The van der Waals surface area contributed by atoms with E-state index in [1.54, 1.807) is 7.05 Å². The molecule has 0 aromatic heterocycles. The molecule has 3 atom stereocenters. The molecule has 0 unspecified atom stereocenters. The van der Waals surface area contributed by atoms with Gasteiger partial charge < -0.3 is 9.84 Å². The van der Waals surface area contributed by atoms with Crippen molar-refractivity contribution in [3.05, 3.63) is 42.5 Å². The van der Waals surface area contributed by atoms with Gasteiger partial charge >= 0.3 is 0 Å². The molecule has 4 nitrogen and oxygen atoms in total. The number of hydrogen-bond acceptors (Lipinski definition) is 4. The van der Waals surface area contributed by atoms with Crippen LogP contribution in [0.1, 0.15) is 19.3 Å². The van der Waals surface area contributed by atoms with Crippen LogP contribution in [0.4, 0.5) is 0 Å². The van der Waals surface area contributed by atoms with Crippen LogP contribution in [0.15, 0.2) is 51.7 Å². The van der Waals surface area contributed by atoms with Crippen LogP contribution >= 0.6 is 0 Å². The van der Waals surface area contributed by atoms with Gasteiger partial charge in [-0.1, -0.05) is 30.4 Å². The monoisotopic (exact) mass is 307 g/mol.